The van der Waals surface area contributed by atoms with Crippen molar-refractivity contribution < 1.29 is 0 Å². The van der Waals surface area contributed by atoms with Crippen LogP contribution in [-0.4, -0.2) is 22.6 Å². The van der Waals surface area contributed by atoms with Crippen LogP contribution in [0.5, 0.6) is 0 Å². The second-order valence-corrected chi connectivity index (χ2v) is 9.59. The fourth-order valence-electron chi connectivity index (χ4n) is 5.29. The molecular formula is C26H34N4O. The lowest BCUT2D eigenvalue weighted by Gasteiger charge is -2.33. The summed E-state index contributed by atoms with van der Waals surface area (Å²) in [5.74, 6) is 1.40. The summed E-state index contributed by atoms with van der Waals surface area (Å²) in [4.78, 5) is 18.5. The number of piperidine rings is 1. The number of anilines is 3. The number of aromatic nitrogens is 2. The summed E-state index contributed by atoms with van der Waals surface area (Å²) in [7, 11) is 0. The molecule has 2 N–H and O–H groups in total. The van der Waals surface area contributed by atoms with Gasteiger partial charge in [0.05, 0.1) is 22.4 Å². The van der Waals surface area contributed by atoms with Gasteiger partial charge in [-0.2, -0.15) is 0 Å². The predicted molar refractivity (Wildman–Crippen MR) is 129 cm³/mol. The van der Waals surface area contributed by atoms with E-state index in [1.54, 1.807) is 0 Å². The minimum atomic E-state index is 0.0238. The number of nitrogens with one attached hydrogen (secondary N) is 2. The zero-order valence-corrected chi connectivity index (χ0v) is 18.6. The molecule has 5 nitrogen and oxygen atoms in total. The van der Waals surface area contributed by atoms with Crippen molar-refractivity contribution >= 4 is 28.1 Å². The highest BCUT2D eigenvalue weighted by atomic mass is 16.1. The van der Waals surface area contributed by atoms with Crippen molar-refractivity contribution in [1.29, 1.82) is 0 Å². The number of para-hydroxylation sites is 1. The molecule has 1 aliphatic heterocycles. The number of rotatable bonds is 5. The summed E-state index contributed by atoms with van der Waals surface area (Å²) < 4.78 is 1.99. The SMILES string of the molecule is CC1CCN(c2cc3c(cc2Nc2ccccc2)[nH]c(=O)n3CC2CCCCC2)CC1. The first-order valence-electron chi connectivity index (χ1n) is 12.0. The van der Waals surface area contributed by atoms with Gasteiger partial charge in [-0.05, 0) is 61.8 Å². The lowest BCUT2D eigenvalue weighted by Crippen LogP contribution is -2.33. The molecule has 2 aromatic carbocycles. The molecule has 0 spiro atoms. The van der Waals surface area contributed by atoms with Crippen molar-refractivity contribution in [1.82, 2.24) is 9.55 Å². The van der Waals surface area contributed by atoms with Crippen molar-refractivity contribution in [3.63, 3.8) is 0 Å². The van der Waals surface area contributed by atoms with Crippen LogP contribution in [0.2, 0.25) is 0 Å². The van der Waals surface area contributed by atoms with Crippen LogP contribution in [0.3, 0.4) is 0 Å². The number of aromatic amines is 1. The van der Waals surface area contributed by atoms with Crippen molar-refractivity contribution in [3.8, 4) is 0 Å². The van der Waals surface area contributed by atoms with E-state index in [-0.39, 0.29) is 5.69 Å². The van der Waals surface area contributed by atoms with Gasteiger partial charge in [0.2, 0.25) is 0 Å². The lowest BCUT2D eigenvalue weighted by atomic mass is 9.89. The third kappa shape index (κ3) is 4.36. The zero-order chi connectivity index (χ0) is 21.2. The van der Waals surface area contributed by atoms with E-state index in [0.29, 0.717) is 5.92 Å². The van der Waals surface area contributed by atoms with Crippen molar-refractivity contribution in [3.05, 3.63) is 52.9 Å². The molecule has 0 atom stereocenters. The van der Waals surface area contributed by atoms with Crippen LogP contribution in [0, 0.1) is 11.8 Å². The van der Waals surface area contributed by atoms with Gasteiger partial charge in [0.25, 0.3) is 0 Å². The lowest BCUT2D eigenvalue weighted by molar-refractivity contribution is 0.319. The van der Waals surface area contributed by atoms with Crippen LogP contribution in [0.15, 0.2) is 47.3 Å². The summed E-state index contributed by atoms with van der Waals surface area (Å²) in [5, 5.41) is 3.61. The molecule has 3 aromatic rings. The van der Waals surface area contributed by atoms with E-state index in [4.69, 9.17) is 0 Å². The van der Waals surface area contributed by atoms with Crippen LogP contribution in [0.1, 0.15) is 51.9 Å². The molecule has 5 heteroatoms. The highest BCUT2D eigenvalue weighted by molar-refractivity contribution is 5.90. The van der Waals surface area contributed by atoms with E-state index >= 15 is 0 Å². The van der Waals surface area contributed by atoms with Crippen LogP contribution in [-0.2, 0) is 6.54 Å². The fraction of sp³-hybridized carbons (Fsp3) is 0.500. The molecule has 1 saturated carbocycles. The van der Waals surface area contributed by atoms with Gasteiger partial charge in [-0.3, -0.25) is 4.57 Å². The number of fused-ring (bicyclic) bond motifs is 1. The van der Waals surface area contributed by atoms with Crippen molar-refractivity contribution in [2.45, 2.75) is 58.4 Å². The molecule has 2 fully saturated rings. The summed E-state index contributed by atoms with van der Waals surface area (Å²) in [5.41, 5.74) is 5.34. The molecule has 164 valence electrons. The first kappa shape index (κ1) is 20.2. The average Bonchev–Trinajstić information content (AvgIpc) is 3.09. The summed E-state index contributed by atoms with van der Waals surface area (Å²) in [6, 6.07) is 14.7. The molecule has 1 saturated heterocycles. The highest BCUT2D eigenvalue weighted by Gasteiger charge is 2.22. The van der Waals surface area contributed by atoms with E-state index < -0.39 is 0 Å². The summed E-state index contributed by atoms with van der Waals surface area (Å²) in [6.45, 7) is 5.30. The van der Waals surface area contributed by atoms with Crippen LogP contribution in [0.25, 0.3) is 11.0 Å². The molecule has 0 radical (unpaired) electrons. The molecule has 0 amide bonds. The van der Waals surface area contributed by atoms with Gasteiger partial charge in [0, 0.05) is 25.3 Å². The Balaban J connectivity index is 1.54. The predicted octanol–water partition coefficient (Wildman–Crippen LogP) is 5.89. The van der Waals surface area contributed by atoms with Crippen LogP contribution < -0.4 is 15.9 Å². The van der Waals surface area contributed by atoms with Gasteiger partial charge in [-0.15, -0.1) is 0 Å². The smallest absolute Gasteiger partial charge is 0.326 e. The zero-order valence-electron chi connectivity index (χ0n) is 18.6. The van der Waals surface area contributed by atoms with Crippen molar-refractivity contribution in [2.75, 3.05) is 23.3 Å². The van der Waals surface area contributed by atoms with Gasteiger partial charge < -0.3 is 15.2 Å². The second kappa shape index (κ2) is 8.81. The number of hydrogen-bond donors (Lipinski definition) is 2. The number of nitrogens with zero attached hydrogens (tertiary/aromatic N) is 2. The van der Waals surface area contributed by atoms with Gasteiger partial charge in [-0.25, -0.2) is 4.79 Å². The minimum Gasteiger partial charge on any atom is -0.370 e. The topological polar surface area (TPSA) is 53.1 Å². The molecular weight excluding hydrogens is 384 g/mol. The third-order valence-electron chi connectivity index (χ3n) is 7.23. The van der Waals surface area contributed by atoms with E-state index in [1.165, 1.54) is 50.6 Å². The average molecular weight is 419 g/mol. The Bertz CT molecular complexity index is 1070. The maximum absolute atomic E-state index is 12.9. The van der Waals surface area contributed by atoms with E-state index in [1.807, 2.05) is 22.8 Å². The molecule has 0 unspecified atom stereocenters. The molecule has 1 aromatic heterocycles. The maximum atomic E-state index is 12.9. The molecule has 2 heterocycles. The highest BCUT2D eigenvalue weighted by Crippen LogP contribution is 2.35. The first-order chi connectivity index (χ1) is 15.2. The molecule has 5 rings (SSSR count). The second-order valence-electron chi connectivity index (χ2n) is 9.59. The first-order valence-corrected chi connectivity index (χ1v) is 12.0. The Labute approximate surface area is 184 Å². The van der Waals surface area contributed by atoms with Gasteiger partial charge in [-0.1, -0.05) is 44.4 Å². The Morgan fingerprint density at radius 1 is 1.00 bits per heavy atom. The number of imidazole rings is 1. The van der Waals surface area contributed by atoms with Gasteiger partial charge >= 0.3 is 5.69 Å². The van der Waals surface area contributed by atoms with Gasteiger partial charge in [0.15, 0.2) is 0 Å². The Morgan fingerprint density at radius 3 is 2.48 bits per heavy atom. The largest absolute Gasteiger partial charge is 0.370 e. The quantitative estimate of drug-likeness (QED) is 0.543. The Morgan fingerprint density at radius 2 is 1.74 bits per heavy atom. The Kier molecular flexibility index (Phi) is 5.75. The fourth-order valence-corrected chi connectivity index (χ4v) is 5.29. The summed E-state index contributed by atoms with van der Waals surface area (Å²) in [6.07, 6.45) is 8.84. The number of hydrogen-bond acceptors (Lipinski definition) is 3. The van der Waals surface area contributed by atoms with Crippen LogP contribution in [0.4, 0.5) is 17.1 Å². The molecule has 0 bridgehead atoms. The van der Waals surface area contributed by atoms with E-state index in [0.717, 1.165) is 48.0 Å². The van der Waals surface area contributed by atoms with Crippen molar-refractivity contribution in [2.24, 2.45) is 11.8 Å². The molecule has 1 aliphatic carbocycles. The number of benzene rings is 2. The third-order valence-corrected chi connectivity index (χ3v) is 7.23. The minimum absolute atomic E-state index is 0.0238. The standard InChI is InChI=1S/C26H34N4O/c1-19-12-14-29(15-13-19)24-17-25-23(16-22(24)27-21-10-6-3-7-11-21)28-26(31)30(25)18-20-8-4-2-5-9-20/h3,6-7,10-11,16-17,19-20,27H,2,4-5,8-9,12-15,18H2,1H3,(H,28,31). The number of H-pyrrole nitrogens is 1. The van der Waals surface area contributed by atoms with E-state index in [9.17, 15) is 4.79 Å². The normalized spacial score (nSPS) is 18.5. The Hall–Kier alpha value is -2.69. The molecule has 2 aliphatic rings. The molecule has 31 heavy (non-hydrogen) atoms. The monoisotopic (exact) mass is 418 g/mol. The van der Waals surface area contributed by atoms with E-state index in [2.05, 4.69) is 46.4 Å². The van der Waals surface area contributed by atoms with Crippen LogP contribution >= 0.6 is 0 Å². The van der Waals surface area contributed by atoms with Gasteiger partial charge in [0.1, 0.15) is 0 Å². The maximum Gasteiger partial charge on any atom is 0.326 e. The summed E-state index contributed by atoms with van der Waals surface area (Å²) >= 11 is 0.